The van der Waals surface area contributed by atoms with Gasteiger partial charge in [0.05, 0.1) is 11.0 Å². The summed E-state index contributed by atoms with van der Waals surface area (Å²) in [6.07, 6.45) is 0. The fourth-order valence-corrected chi connectivity index (χ4v) is 14.6. The van der Waals surface area contributed by atoms with Crippen molar-refractivity contribution in [2.45, 2.75) is 62.3 Å². The van der Waals surface area contributed by atoms with Crippen LogP contribution in [-0.2, 0) is 0 Å². The zero-order valence-corrected chi connectivity index (χ0v) is 43.9. The molecule has 0 aliphatic carbocycles. The van der Waals surface area contributed by atoms with Crippen LogP contribution in [0.4, 0.5) is 17.1 Å². The second-order valence-corrected chi connectivity index (χ2v) is 22.7. The molecule has 0 amide bonds. The number of anilines is 3. The quantitative estimate of drug-likeness (QED) is 0.165. The summed E-state index contributed by atoms with van der Waals surface area (Å²) in [6.45, 7) is 20.1. The highest BCUT2D eigenvalue weighted by molar-refractivity contribution is 7.02. The van der Waals surface area contributed by atoms with Crippen LogP contribution in [-0.4, -0.2) is 22.6 Å². The lowest BCUT2D eigenvalue weighted by Gasteiger charge is -2.42. The number of nitrogens with zero attached hydrogens (tertiary/aromatic N) is 3. The van der Waals surface area contributed by atoms with Crippen LogP contribution in [0, 0.1) is 62.3 Å². The molecule has 0 N–H and O–H groups in total. The van der Waals surface area contributed by atoms with Gasteiger partial charge in [0.15, 0.2) is 0 Å². The molecule has 0 unspecified atom stereocenters. The Labute approximate surface area is 438 Å². The number of aryl methyl sites for hydroxylation is 9. The molecule has 6 heterocycles. The highest BCUT2D eigenvalue weighted by atomic mass is 16.5. The van der Waals surface area contributed by atoms with Gasteiger partial charge in [-0.15, -0.1) is 0 Å². The Morgan fingerprint density at radius 1 is 0.347 bits per heavy atom. The Bertz CT molecular complexity index is 4590. The predicted molar refractivity (Wildman–Crippen MR) is 319 cm³/mol. The molecule has 4 aliphatic rings. The molecule has 0 spiro atoms. The van der Waals surface area contributed by atoms with E-state index in [2.05, 4.69) is 234 Å². The molecule has 0 radical (unpaired) electrons. The molecule has 0 saturated carbocycles. The van der Waals surface area contributed by atoms with Gasteiger partial charge in [-0.3, -0.25) is 0 Å². The fraction of sp³-hybridized carbons (Fsp3) is 0.130. The van der Waals surface area contributed by atoms with Crippen LogP contribution >= 0.6 is 0 Å². The summed E-state index contributed by atoms with van der Waals surface area (Å²) >= 11 is 0. The lowest BCUT2D eigenvalue weighted by molar-refractivity contribution is 0.487. The minimum Gasteiger partial charge on any atom is -0.458 e. The number of benzene rings is 10. The van der Waals surface area contributed by atoms with E-state index in [-0.39, 0.29) is 13.4 Å². The molecule has 0 saturated heterocycles. The molecule has 12 aromatic rings. The summed E-state index contributed by atoms with van der Waals surface area (Å²) in [4.78, 5) is 2.57. The zero-order chi connectivity index (χ0) is 50.6. The first-order chi connectivity index (χ1) is 36.4. The second-order valence-electron chi connectivity index (χ2n) is 22.7. The number of ether oxygens (including phenoxy) is 1. The van der Waals surface area contributed by atoms with E-state index in [1.807, 2.05) is 0 Å². The molecular weight excluding hydrogens is 908 g/mol. The first-order valence-corrected chi connectivity index (χ1v) is 26.7. The first-order valence-electron chi connectivity index (χ1n) is 26.7. The molecule has 4 nitrogen and oxygen atoms in total. The molecule has 2 aromatic heterocycles. The lowest BCUT2D eigenvalue weighted by Crippen LogP contribution is -2.63. The van der Waals surface area contributed by atoms with Crippen LogP contribution in [0.15, 0.2) is 158 Å². The third kappa shape index (κ3) is 5.69. The van der Waals surface area contributed by atoms with Gasteiger partial charge in [-0.1, -0.05) is 107 Å². The SMILES string of the molecule is Cc1ccc(N2c3cc4c(cc3B3c5c2cc(-c2c(C)cccc2C)cc5-n2c5ccc(C)cc5c5cc(C)cc3c52)B2c3c(cc(-c5c(C)cccc5C)cc3-n3c5ccc(C)cc5c5cc(C)cc2c53)O4)cc1. The standard InChI is InChI=1S/C69H53B2N3O/c1-36-16-20-47(21-17-36)72-58-35-62-53(71-55-29-40(5)27-51-49-25-38(3)19-23-57(49)74(69(51)55)61-32-46(33-63(75-62)67(61)71)65-43(8)14-11-15-44(65)9)34-52(58)70-54-28-39(4)26-50-48-24-37(2)18-22-56(48)73(68(50)54)60-31-45(30-59(72)66(60)70)64-41(6)12-10-13-42(64)7/h10-35H,1-9H3. The van der Waals surface area contributed by atoms with Crippen LogP contribution in [0.5, 0.6) is 11.5 Å². The third-order valence-corrected chi connectivity index (χ3v) is 17.6. The predicted octanol–water partition coefficient (Wildman–Crippen LogP) is 13.5. The third-order valence-electron chi connectivity index (χ3n) is 17.6. The smallest absolute Gasteiger partial charge is 0.256 e. The van der Waals surface area contributed by atoms with E-state index in [4.69, 9.17) is 4.74 Å². The summed E-state index contributed by atoms with van der Waals surface area (Å²) in [5, 5.41) is 5.21. The zero-order valence-electron chi connectivity index (χ0n) is 43.9. The summed E-state index contributed by atoms with van der Waals surface area (Å²) in [7, 11) is 0. The Morgan fingerprint density at radius 2 is 0.827 bits per heavy atom. The molecule has 10 aromatic carbocycles. The van der Waals surface area contributed by atoms with Crippen molar-refractivity contribution in [3.63, 3.8) is 0 Å². The molecule has 75 heavy (non-hydrogen) atoms. The number of hydrogen-bond donors (Lipinski definition) is 0. The van der Waals surface area contributed by atoms with Crippen LogP contribution in [0.3, 0.4) is 0 Å². The van der Waals surface area contributed by atoms with Crippen molar-refractivity contribution in [3.8, 4) is 45.1 Å². The Hall–Kier alpha value is -8.47. The van der Waals surface area contributed by atoms with E-state index in [0.29, 0.717) is 0 Å². The Morgan fingerprint density at radius 3 is 1.39 bits per heavy atom. The van der Waals surface area contributed by atoms with Crippen LogP contribution in [0.1, 0.15) is 50.1 Å². The highest BCUT2D eigenvalue weighted by Crippen LogP contribution is 2.47. The van der Waals surface area contributed by atoms with Crippen molar-refractivity contribution in [2.75, 3.05) is 4.90 Å². The first kappa shape index (κ1) is 43.0. The van der Waals surface area contributed by atoms with Crippen LogP contribution in [0.25, 0.3) is 77.2 Å². The monoisotopic (exact) mass is 961 g/mol. The van der Waals surface area contributed by atoms with Gasteiger partial charge < -0.3 is 18.8 Å². The van der Waals surface area contributed by atoms with Gasteiger partial charge in [-0.2, -0.15) is 0 Å². The van der Waals surface area contributed by atoms with E-state index < -0.39 is 0 Å². The van der Waals surface area contributed by atoms with Gasteiger partial charge >= 0.3 is 0 Å². The number of fused-ring (bicyclic) bond motifs is 14. The van der Waals surface area contributed by atoms with Gasteiger partial charge in [-0.05, 0) is 212 Å². The summed E-state index contributed by atoms with van der Waals surface area (Å²) in [5.41, 5.74) is 35.1. The van der Waals surface area contributed by atoms with Gasteiger partial charge in [0.25, 0.3) is 13.4 Å². The topological polar surface area (TPSA) is 22.3 Å². The number of hydrogen-bond acceptors (Lipinski definition) is 2. The Kier molecular flexibility index (Phi) is 8.51. The van der Waals surface area contributed by atoms with Crippen molar-refractivity contribution >= 4 is 107 Å². The van der Waals surface area contributed by atoms with E-state index >= 15 is 0 Å². The lowest BCUT2D eigenvalue weighted by atomic mass is 9.31. The van der Waals surface area contributed by atoms with Crippen LogP contribution in [0.2, 0.25) is 0 Å². The average Bonchev–Trinajstić information content (AvgIpc) is 4.12. The molecule has 4 aliphatic heterocycles. The maximum absolute atomic E-state index is 7.64. The summed E-state index contributed by atoms with van der Waals surface area (Å²) < 4.78 is 12.8. The van der Waals surface area contributed by atoms with Crippen molar-refractivity contribution < 1.29 is 4.74 Å². The Balaban J connectivity index is 1.05. The van der Waals surface area contributed by atoms with Crippen molar-refractivity contribution in [1.82, 2.24) is 9.13 Å². The van der Waals surface area contributed by atoms with Crippen molar-refractivity contribution in [1.29, 1.82) is 0 Å². The van der Waals surface area contributed by atoms with Gasteiger partial charge in [0, 0.05) is 67.1 Å². The van der Waals surface area contributed by atoms with Gasteiger partial charge in [-0.25, -0.2) is 0 Å². The van der Waals surface area contributed by atoms with Crippen molar-refractivity contribution in [3.05, 3.63) is 208 Å². The molecule has 356 valence electrons. The summed E-state index contributed by atoms with van der Waals surface area (Å²) in [5.74, 6) is 1.83. The minimum absolute atomic E-state index is 0.0628. The minimum atomic E-state index is -0.0768. The number of rotatable bonds is 3. The van der Waals surface area contributed by atoms with Crippen LogP contribution < -0.4 is 42.4 Å². The average molecular weight is 962 g/mol. The maximum Gasteiger partial charge on any atom is 0.256 e. The van der Waals surface area contributed by atoms with E-state index in [9.17, 15) is 0 Å². The summed E-state index contributed by atoms with van der Waals surface area (Å²) in [6, 6.07) is 61.2. The second kappa shape index (κ2) is 14.9. The normalized spacial score (nSPS) is 13.4. The number of aromatic nitrogens is 2. The van der Waals surface area contributed by atoms with Gasteiger partial charge in [0.1, 0.15) is 11.5 Å². The molecule has 0 bridgehead atoms. The van der Waals surface area contributed by atoms with Crippen molar-refractivity contribution in [2.24, 2.45) is 0 Å². The fourth-order valence-electron chi connectivity index (χ4n) is 14.6. The molecule has 16 rings (SSSR count). The molecular formula is C69H53B2N3O. The van der Waals surface area contributed by atoms with Gasteiger partial charge in [0.2, 0.25) is 0 Å². The molecule has 0 atom stereocenters. The molecule has 6 heteroatoms. The highest BCUT2D eigenvalue weighted by Gasteiger charge is 2.47. The van der Waals surface area contributed by atoms with E-state index in [0.717, 1.165) is 22.9 Å². The maximum atomic E-state index is 7.64. The molecule has 0 fully saturated rings. The van der Waals surface area contributed by atoms with E-state index in [1.165, 1.54) is 166 Å². The van der Waals surface area contributed by atoms with E-state index in [1.54, 1.807) is 0 Å². The largest absolute Gasteiger partial charge is 0.458 e.